The third-order valence-corrected chi connectivity index (χ3v) is 3.41. The van der Waals surface area contributed by atoms with Crippen molar-refractivity contribution in [3.8, 4) is 0 Å². The van der Waals surface area contributed by atoms with E-state index in [0.29, 0.717) is 34.5 Å². The Bertz CT molecular complexity index is 886. The number of anilines is 1. The summed E-state index contributed by atoms with van der Waals surface area (Å²) in [4.78, 5) is 32.3. The van der Waals surface area contributed by atoms with Crippen molar-refractivity contribution in [1.29, 1.82) is 0 Å². The molecule has 0 atom stereocenters. The maximum Gasteiger partial charge on any atom is 0.338 e. The lowest BCUT2D eigenvalue weighted by atomic mass is 10.1. The SMILES string of the molecule is CCOC(=O)c1ccc(NC(=O)c2ncnc3ccccc23)cc1. The number of carbonyl (C=O) groups excluding carboxylic acids is 2. The molecule has 24 heavy (non-hydrogen) atoms. The fraction of sp³-hybridized carbons (Fsp3) is 0.111. The van der Waals surface area contributed by atoms with Gasteiger partial charge >= 0.3 is 5.97 Å². The molecule has 120 valence electrons. The van der Waals surface area contributed by atoms with Crippen LogP contribution in [0, 0.1) is 0 Å². The number of rotatable bonds is 4. The molecule has 2 aromatic carbocycles. The Morgan fingerprint density at radius 3 is 2.54 bits per heavy atom. The normalized spacial score (nSPS) is 10.4. The summed E-state index contributed by atoms with van der Waals surface area (Å²) >= 11 is 0. The molecule has 0 fully saturated rings. The van der Waals surface area contributed by atoms with Crippen LogP contribution in [0.25, 0.3) is 10.9 Å². The molecule has 3 aromatic rings. The van der Waals surface area contributed by atoms with Gasteiger partial charge in [-0.2, -0.15) is 0 Å². The van der Waals surface area contributed by atoms with Crippen molar-refractivity contribution in [3.05, 3.63) is 66.1 Å². The van der Waals surface area contributed by atoms with Crippen LogP contribution in [0.1, 0.15) is 27.8 Å². The summed E-state index contributed by atoms with van der Waals surface area (Å²) in [7, 11) is 0. The van der Waals surface area contributed by atoms with Crippen molar-refractivity contribution < 1.29 is 14.3 Å². The number of hydrogen-bond acceptors (Lipinski definition) is 5. The largest absolute Gasteiger partial charge is 0.462 e. The molecule has 1 aromatic heterocycles. The van der Waals surface area contributed by atoms with Crippen LogP contribution in [0.5, 0.6) is 0 Å². The van der Waals surface area contributed by atoms with Gasteiger partial charge in [-0.3, -0.25) is 4.79 Å². The molecule has 0 saturated carbocycles. The van der Waals surface area contributed by atoms with Crippen molar-refractivity contribution >= 4 is 28.5 Å². The summed E-state index contributed by atoms with van der Waals surface area (Å²) in [5, 5.41) is 3.45. The van der Waals surface area contributed by atoms with Crippen LogP contribution in [-0.4, -0.2) is 28.5 Å². The number of ether oxygens (including phenoxy) is 1. The number of para-hydroxylation sites is 1. The Balaban J connectivity index is 1.80. The molecule has 0 spiro atoms. The number of carbonyl (C=O) groups is 2. The average Bonchev–Trinajstić information content (AvgIpc) is 2.62. The first-order valence-electron chi connectivity index (χ1n) is 7.47. The van der Waals surface area contributed by atoms with E-state index in [2.05, 4.69) is 15.3 Å². The quantitative estimate of drug-likeness (QED) is 0.747. The second-order valence-corrected chi connectivity index (χ2v) is 4.99. The van der Waals surface area contributed by atoms with Gasteiger partial charge in [0.1, 0.15) is 12.0 Å². The molecule has 6 heteroatoms. The van der Waals surface area contributed by atoms with Crippen LogP contribution in [0.15, 0.2) is 54.9 Å². The van der Waals surface area contributed by atoms with Gasteiger partial charge in [0.05, 0.1) is 17.7 Å². The fourth-order valence-corrected chi connectivity index (χ4v) is 2.28. The fourth-order valence-electron chi connectivity index (χ4n) is 2.28. The van der Waals surface area contributed by atoms with Crippen molar-refractivity contribution in [2.75, 3.05) is 11.9 Å². The van der Waals surface area contributed by atoms with Gasteiger partial charge in [0.15, 0.2) is 0 Å². The summed E-state index contributed by atoms with van der Waals surface area (Å²) in [6, 6.07) is 13.8. The van der Waals surface area contributed by atoms with Crippen molar-refractivity contribution in [2.45, 2.75) is 6.92 Å². The Morgan fingerprint density at radius 2 is 1.79 bits per heavy atom. The van der Waals surface area contributed by atoms with Crippen LogP contribution in [0.2, 0.25) is 0 Å². The number of benzene rings is 2. The molecule has 0 unspecified atom stereocenters. The zero-order chi connectivity index (χ0) is 16.9. The molecule has 0 aliphatic rings. The number of esters is 1. The lowest BCUT2D eigenvalue weighted by Gasteiger charge is -2.07. The highest BCUT2D eigenvalue weighted by Crippen LogP contribution is 2.16. The molecule has 3 rings (SSSR count). The van der Waals surface area contributed by atoms with Gasteiger partial charge in [0.25, 0.3) is 5.91 Å². The highest BCUT2D eigenvalue weighted by molar-refractivity contribution is 6.10. The number of hydrogen-bond donors (Lipinski definition) is 1. The lowest BCUT2D eigenvalue weighted by molar-refractivity contribution is 0.0526. The zero-order valence-electron chi connectivity index (χ0n) is 13.0. The van der Waals surface area contributed by atoms with Gasteiger partial charge in [-0.05, 0) is 37.3 Å². The summed E-state index contributed by atoms with van der Waals surface area (Å²) in [6.45, 7) is 2.07. The van der Waals surface area contributed by atoms with Crippen LogP contribution < -0.4 is 5.32 Å². The number of nitrogens with zero attached hydrogens (tertiary/aromatic N) is 2. The van der Waals surface area contributed by atoms with E-state index in [0.717, 1.165) is 0 Å². The summed E-state index contributed by atoms with van der Waals surface area (Å²) < 4.78 is 4.92. The van der Waals surface area contributed by atoms with E-state index in [1.165, 1.54) is 6.33 Å². The molecule has 0 bridgehead atoms. The van der Waals surface area contributed by atoms with Gasteiger partial charge in [-0.25, -0.2) is 14.8 Å². The van der Waals surface area contributed by atoms with Crippen LogP contribution in [0.3, 0.4) is 0 Å². The van der Waals surface area contributed by atoms with Gasteiger partial charge in [0.2, 0.25) is 0 Å². The molecule has 1 amide bonds. The van der Waals surface area contributed by atoms with E-state index in [1.54, 1.807) is 37.3 Å². The number of nitrogens with one attached hydrogen (secondary N) is 1. The molecule has 0 radical (unpaired) electrons. The van der Waals surface area contributed by atoms with Crippen LogP contribution in [-0.2, 0) is 4.74 Å². The molecular weight excluding hydrogens is 306 g/mol. The first kappa shape index (κ1) is 15.6. The molecule has 0 saturated heterocycles. The maximum absolute atomic E-state index is 12.5. The molecule has 6 nitrogen and oxygen atoms in total. The van der Waals surface area contributed by atoms with E-state index in [4.69, 9.17) is 4.74 Å². The van der Waals surface area contributed by atoms with Gasteiger partial charge < -0.3 is 10.1 Å². The average molecular weight is 321 g/mol. The number of aromatic nitrogens is 2. The molecule has 0 aliphatic carbocycles. The third kappa shape index (κ3) is 3.22. The van der Waals surface area contributed by atoms with E-state index in [9.17, 15) is 9.59 Å². The smallest absolute Gasteiger partial charge is 0.338 e. The van der Waals surface area contributed by atoms with Gasteiger partial charge in [-0.1, -0.05) is 18.2 Å². The lowest BCUT2D eigenvalue weighted by Crippen LogP contribution is -2.14. The van der Waals surface area contributed by atoms with E-state index in [1.807, 2.05) is 18.2 Å². The first-order valence-corrected chi connectivity index (χ1v) is 7.47. The second-order valence-electron chi connectivity index (χ2n) is 4.99. The first-order chi connectivity index (χ1) is 11.7. The predicted octanol–water partition coefficient (Wildman–Crippen LogP) is 3.06. The van der Waals surface area contributed by atoms with Gasteiger partial charge in [0, 0.05) is 11.1 Å². The second kappa shape index (κ2) is 6.87. The van der Waals surface area contributed by atoms with E-state index in [-0.39, 0.29) is 5.91 Å². The zero-order valence-corrected chi connectivity index (χ0v) is 13.0. The standard InChI is InChI=1S/C18H15N3O3/c1-2-24-18(23)12-7-9-13(10-8-12)21-17(22)16-14-5-3-4-6-15(14)19-11-20-16/h3-11H,2H2,1H3,(H,21,22). The van der Waals surface area contributed by atoms with Crippen molar-refractivity contribution in [2.24, 2.45) is 0 Å². The minimum atomic E-state index is -0.392. The maximum atomic E-state index is 12.5. The van der Waals surface area contributed by atoms with Crippen molar-refractivity contribution in [3.63, 3.8) is 0 Å². The Hall–Kier alpha value is -3.28. The minimum absolute atomic E-state index is 0.301. The van der Waals surface area contributed by atoms with Gasteiger partial charge in [-0.15, -0.1) is 0 Å². The Labute approximate surface area is 138 Å². The number of fused-ring (bicyclic) bond motifs is 1. The third-order valence-electron chi connectivity index (χ3n) is 3.41. The highest BCUT2D eigenvalue weighted by atomic mass is 16.5. The van der Waals surface area contributed by atoms with Crippen molar-refractivity contribution in [1.82, 2.24) is 9.97 Å². The topological polar surface area (TPSA) is 81.2 Å². The Morgan fingerprint density at radius 1 is 1.04 bits per heavy atom. The molecule has 1 N–H and O–H groups in total. The summed E-state index contributed by atoms with van der Waals surface area (Å²) in [5.74, 6) is -0.727. The summed E-state index contributed by atoms with van der Waals surface area (Å²) in [5.41, 5.74) is 2.00. The Kier molecular flexibility index (Phi) is 4.47. The van der Waals surface area contributed by atoms with Crippen LogP contribution in [0.4, 0.5) is 5.69 Å². The summed E-state index contributed by atoms with van der Waals surface area (Å²) in [6.07, 6.45) is 1.36. The molecule has 1 heterocycles. The highest BCUT2D eigenvalue weighted by Gasteiger charge is 2.13. The predicted molar refractivity (Wildman–Crippen MR) is 89.9 cm³/mol. The monoisotopic (exact) mass is 321 g/mol. The molecule has 0 aliphatic heterocycles. The van der Waals surface area contributed by atoms with E-state index < -0.39 is 5.97 Å². The van der Waals surface area contributed by atoms with E-state index >= 15 is 0 Å². The number of amides is 1. The minimum Gasteiger partial charge on any atom is -0.462 e. The molecular formula is C18H15N3O3. The van der Waals surface area contributed by atoms with Crippen LogP contribution >= 0.6 is 0 Å².